The Labute approximate surface area is 65.3 Å². The first kappa shape index (κ1) is 7.11. The highest BCUT2D eigenvalue weighted by Crippen LogP contribution is 2.34. The van der Waals surface area contributed by atoms with E-state index in [-0.39, 0.29) is 6.10 Å². The lowest BCUT2D eigenvalue weighted by molar-refractivity contribution is -0.184. The first-order valence-corrected chi connectivity index (χ1v) is 3.72. The van der Waals surface area contributed by atoms with Gasteiger partial charge >= 0.3 is 0 Å². The molecule has 0 aromatic carbocycles. The molecule has 3 nitrogen and oxygen atoms in total. The molecule has 60 valence electrons. The summed E-state index contributed by atoms with van der Waals surface area (Å²) in [6, 6.07) is 0. The normalized spacial score (nSPS) is 48.7. The first-order chi connectivity index (χ1) is 5.24. The van der Waals surface area contributed by atoms with Gasteiger partial charge in [0.1, 0.15) is 0 Å². The summed E-state index contributed by atoms with van der Waals surface area (Å²) in [7, 11) is 0. The number of terminal acetylenes is 1. The van der Waals surface area contributed by atoms with Crippen LogP contribution in [0.2, 0.25) is 0 Å². The van der Waals surface area contributed by atoms with Crippen molar-refractivity contribution < 1.29 is 14.6 Å². The second kappa shape index (κ2) is 2.21. The predicted octanol–water partition coefficient (Wildman–Crippen LogP) is -0.114. The average molecular weight is 154 g/mol. The summed E-state index contributed by atoms with van der Waals surface area (Å²) in [6.45, 7) is 0.564. The van der Waals surface area contributed by atoms with Crippen molar-refractivity contribution in [2.45, 2.75) is 30.8 Å². The molecule has 11 heavy (non-hydrogen) atoms. The zero-order chi connectivity index (χ0) is 7.90. The van der Waals surface area contributed by atoms with Gasteiger partial charge in [-0.15, -0.1) is 6.42 Å². The second-order valence-electron chi connectivity index (χ2n) is 3.03. The monoisotopic (exact) mass is 154 g/mol. The Morgan fingerprint density at radius 1 is 1.64 bits per heavy atom. The van der Waals surface area contributed by atoms with Gasteiger partial charge in [0, 0.05) is 0 Å². The van der Waals surface area contributed by atoms with Crippen molar-refractivity contribution in [3.05, 3.63) is 0 Å². The molecule has 2 aliphatic heterocycles. The van der Waals surface area contributed by atoms with Gasteiger partial charge in [-0.05, 0) is 12.8 Å². The molecule has 2 heterocycles. The van der Waals surface area contributed by atoms with Crippen LogP contribution in [0.3, 0.4) is 0 Å². The summed E-state index contributed by atoms with van der Waals surface area (Å²) in [5, 5.41) is 9.68. The fraction of sp³-hybridized carbons (Fsp3) is 0.750. The van der Waals surface area contributed by atoms with E-state index in [1.807, 2.05) is 0 Å². The molecule has 0 aromatic rings. The zero-order valence-corrected chi connectivity index (χ0v) is 6.12. The lowest BCUT2D eigenvalue weighted by Crippen LogP contribution is -2.45. The molecule has 0 radical (unpaired) electrons. The van der Waals surface area contributed by atoms with E-state index in [1.165, 1.54) is 0 Å². The molecule has 3 heteroatoms. The summed E-state index contributed by atoms with van der Waals surface area (Å²) in [5.41, 5.74) is -1.19. The van der Waals surface area contributed by atoms with Crippen molar-refractivity contribution in [1.29, 1.82) is 0 Å². The maximum atomic E-state index is 9.68. The average Bonchev–Trinajstić information content (AvgIpc) is 2.44. The van der Waals surface area contributed by atoms with Crippen LogP contribution in [-0.4, -0.2) is 29.7 Å². The lowest BCUT2D eigenvalue weighted by atomic mass is 9.94. The highest BCUT2D eigenvalue weighted by molar-refractivity contribution is 5.12. The summed E-state index contributed by atoms with van der Waals surface area (Å²) < 4.78 is 10.5. The number of ether oxygens (including phenoxy) is 2. The SMILES string of the molecule is C#CC1(O)CCC2COC1O2. The minimum absolute atomic E-state index is 0.147. The summed E-state index contributed by atoms with van der Waals surface area (Å²) in [6.07, 6.45) is 6.09. The van der Waals surface area contributed by atoms with Crippen molar-refractivity contribution in [3.8, 4) is 12.3 Å². The minimum Gasteiger partial charge on any atom is -0.373 e. The van der Waals surface area contributed by atoms with E-state index < -0.39 is 11.9 Å². The largest absolute Gasteiger partial charge is 0.373 e. The molecule has 3 unspecified atom stereocenters. The van der Waals surface area contributed by atoms with Crippen molar-refractivity contribution >= 4 is 0 Å². The predicted molar refractivity (Wildman–Crippen MR) is 37.6 cm³/mol. The zero-order valence-electron chi connectivity index (χ0n) is 6.12. The van der Waals surface area contributed by atoms with Gasteiger partial charge in [-0.25, -0.2) is 0 Å². The summed E-state index contributed by atoms with van der Waals surface area (Å²) in [4.78, 5) is 0. The van der Waals surface area contributed by atoms with Crippen molar-refractivity contribution in [1.82, 2.24) is 0 Å². The molecule has 0 amide bonds. The third kappa shape index (κ3) is 0.951. The van der Waals surface area contributed by atoms with Crippen LogP contribution in [0.4, 0.5) is 0 Å². The van der Waals surface area contributed by atoms with Crippen LogP contribution in [0.5, 0.6) is 0 Å². The van der Waals surface area contributed by atoms with Crippen LogP contribution in [0.1, 0.15) is 12.8 Å². The first-order valence-electron chi connectivity index (χ1n) is 3.72. The van der Waals surface area contributed by atoms with Gasteiger partial charge in [-0.3, -0.25) is 0 Å². The summed E-state index contributed by atoms with van der Waals surface area (Å²) >= 11 is 0. The molecule has 1 N–H and O–H groups in total. The molecule has 0 aromatic heterocycles. The second-order valence-corrected chi connectivity index (χ2v) is 3.03. The number of rotatable bonds is 0. The highest BCUT2D eigenvalue weighted by Gasteiger charge is 2.47. The minimum atomic E-state index is -1.19. The molecule has 0 aliphatic carbocycles. The van der Waals surface area contributed by atoms with Gasteiger partial charge in [0.15, 0.2) is 11.9 Å². The molecule has 0 saturated carbocycles. The fourth-order valence-electron chi connectivity index (χ4n) is 1.49. The van der Waals surface area contributed by atoms with Crippen molar-refractivity contribution in [2.24, 2.45) is 0 Å². The molecule has 2 rings (SSSR count). The molecule has 2 fully saturated rings. The smallest absolute Gasteiger partial charge is 0.198 e. The van der Waals surface area contributed by atoms with E-state index in [4.69, 9.17) is 15.9 Å². The number of aliphatic hydroxyl groups is 1. The Balaban J connectivity index is 2.20. The Kier molecular flexibility index (Phi) is 1.43. The maximum absolute atomic E-state index is 9.68. The molecule has 2 bridgehead atoms. The highest BCUT2D eigenvalue weighted by atomic mass is 16.7. The molecule has 3 atom stereocenters. The Bertz CT molecular complexity index is 208. The maximum Gasteiger partial charge on any atom is 0.198 e. The Morgan fingerprint density at radius 3 is 3.18 bits per heavy atom. The fourth-order valence-corrected chi connectivity index (χ4v) is 1.49. The van der Waals surface area contributed by atoms with Gasteiger partial charge in [0.2, 0.25) is 0 Å². The van der Waals surface area contributed by atoms with E-state index in [0.717, 1.165) is 6.42 Å². The quantitative estimate of drug-likeness (QED) is 0.495. The molecule has 2 saturated heterocycles. The molecular weight excluding hydrogens is 144 g/mol. The van der Waals surface area contributed by atoms with Crippen LogP contribution >= 0.6 is 0 Å². The van der Waals surface area contributed by atoms with E-state index in [1.54, 1.807) is 0 Å². The van der Waals surface area contributed by atoms with Crippen molar-refractivity contribution in [2.75, 3.05) is 6.61 Å². The molecular formula is C8H10O3. The topological polar surface area (TPSA) is 38.7 Å². The van der Waals surface area contributed by atoms with Crippen LogP contribution in [0, 0.1) is 12.3 Å². The van der Waals surface area contributed by atoms with Crippen molar-refractivity contribution in [3.63, 3.8) is 0 Å². The lowest BCUT2D eigenvalue weighted by Gasteiger charge is -2.31. The Morgan fingerprint density at radius 2 is 2.45 bits per heavy atom. The Hall–Kier alpha value is -0.560. The van der Waals surface area contributed by atoms with Crippen LogP contribution in [0.15, 0.2) is 0 Å². The van der Waals surface area contributed by atoms with Crippen LogP contribution in [0.25, 0.3) is 0 Å². The van der Waals surface area contributed by atoms with Gasteiger partial charge in [0.25, 0.3) is 0 Å². The van der Waals surface area contributed by atoms with Crippen LogP contribution in [-0.2, 0) is 9.47 Å². The van der Waals surface area contributed by atoms with E-state index in [0.29, 0.717) is 13.0 Å². The van der Waals surface area contributed by atoms with Gasteiger partial charge in [-0.2, -0.15) is 0 Å². The standard InChI is InChI=1S/C8H10O3/c1-2-8(9)4-3-6-5-10-7(8)11-6/h1,6-7,9H,3-5H2. The summed E-state index contributed by atoms with van der Waals surface area (Å²) in [5.74, 6) is 2.31. The van der Waals surface area contributed by atoms with E-state index in [2.05, 4.69) is 5.92 Å². The number of fused-ring (bicyclic) bond motifs is 2. The van der Waals surface area contributed by atoms with Gasteiger partial charge in [-0.1, -0.05) is 5.92 Å². The van der Waals surface area contributed by atoms with E-state index >= 15 is 0 Å². The molecule has 0 spiro atoms. The third-order valence-corrected chi connectivity index (χ3v) is 2.24. The molecule has 2 aliphatic rings. The number of hydrogen-bond acceptors (Lipinski definition) is 3. The van der Waals surface area contributed by atoms with Crippen LogP contribution < -0.4 is 0 Å². The van der Waals surface area contributed by atoms with Gasteiger partial charge < -0.3 is 14.6 Å². The third-order valence-electron chi connectivity index (χ3n) is 2.24. The number of hydrogen-bond donors (Lipinski definition) is 1. The van der Waals surface area contributed by atoms with E-state index in [9.17, 15) is 5.11 Å². The van der Waals surface area contributed by atoms with Gasteiger partial charge in [0.05, 0.1) is 12.7 Å².